The van der Waals surface area contributed by atoms with Gasteiger partial charge in [0.25, 0.3) is 0 Å². The molecule has 1 aromatic carbocycles. The van der Waals surface area contributed by atoms with E-state index in [9.17, 15) is 8.42 Å². The Labute approximate surface area is 151 Å². The quantitative estimate of drug-likeness (QED) is 0.811. The average molecular weight is 367 g/mol. The van der Waals surface area contributed by atoms with Crippen LogP contribution in [-0.2, 0) is 14.8 Å². The summed E-state index contributed by atoms with van der Waals surface area (Å²) in [6, 6.07) is 10.7. The molecule has 3 rings (SSSR count). The van der Waals surface area contributed by atoms with Crippen molar-refractivity contribution in [1.82, 2.24) is 10.0 Å². The Hall–Kier alpha value is -0.950. The molecule has 2 atom stereocenters. The Morgan fingerprint density at radius 3 is 2.52 bits per heavy atom. The van der Waals surface area contributed by atoms with Gasteiger partial charge in [0.05, 0.1) is 19.0 Å². The third kappa shape index (κ3) is 5.78. The predicted octanol–water partition coefficient (Wildman–Crippen LogP) is 2.40. The van der Waals surface area contributed by atoms with E-state index in [1.165, 1.54) is 11.8 Å². The summed E-state index contributed by atoms with van der Waals surface area (Å²) in [6.07, 6.45) is 7.87. The van der Waals surface area contributed by atoms with Crippen LogP contribution in [0.2, 0.25) is 0 Å². The number of piperidine rings is 1. The van der Waals surface area contributed by atoms with Crippen molar-refractivity contribution in [3.8, 4) is 0 Å². The fourth-order valence-electron chi connectivity index (χ4n) is 4.07. The lowest BCUT2D eigenvalue weighted by Gasteiger charge is -2.35. The molecule has 0 spiro atoms. The molecule has 1 saturated heterocycles. The predicted molar refractivity (Wildman–Crippen MR) is 100 cm³/mol. The van der Waals surface area contributed by atoms with Crippen molar-refractivity contribution in [2.45, 2.75) is 62.6 Å². The topological polar surface area (TPSA) is 67.4 Å². The third-order valence-electron chi connectivity index (χ3n) is 5.41. The molecule has 1 aromatic rings. The Balaban J connectivity index is 1.45. The maximum atomic E-state index is 11.5. The first-order valence-corrected chi connectivity index (χ1v) is 11.3. The van der Waals surface area contributed by atoms with Crippen molar-refractivity contribution in [3.63, 3.8) is 0 Å². The highest BCUT2D eigenvalue weighted by Gasteiger charge is 2.29. The second kappa shape index (κ2) is 8.62. The van der Waals surface area contributed by atoms with Gasteiger partial charge in [-0.25, -0.2) is 13.1 Å². The fraction of sp³-hybridized carbons (Fsp3) is 0.684. The number of sulfonamides is 1. The van der Waals surface area contributed by atoms with Crippen LogP contribution in [0, 0.1) is 0 Å². The van der Waals surface area contributed by atoms with Gasteiger partial charge in [0, 0.05) is 12.1 Å². The number of hydrogen-bond acceptors (Lipinski definition) is 4. The third-order valence-corrected chi connectivity index (χ3v) is 6.14. The molecule has 6 heteroatoms. The molecule has 1 heterocycles. The van der Waals surface area contributed by atoms with E-state index in [4.69, 9.17) is 4.74 Å². The van der Waals surface area contributed by atoms with Crippen LogP contribution < -0.4 is 10.0 Å². The standard InChI is InChI=1S/C19H30N2O3S/c1-25(22,23)21-18-8-5-13-20-19(18)14-24-17-11-9-16(10-12-17)15-6-3-2-4-7-15/h2-4,6-7,16-21H,5,8-14H2,1H3/t16?,17?,18-,19-/m1/s1. The molecule has 25 heavy (non-hydrogen) atoms. The van der Waals surface area contributed by atoms with Gasteiger partial charge in [-0.05, 0) is 56.6 Å². The van der Waals surface area contributed by atoms with Crippen molar-refractivity contribution in [2.24, 2.45) is 0 Å². The highest BCUT2D eigenvalue weighted by molar-refractivity contribution is 7.88. The number of benzene rings is 1. The minimum atomic E-state index is -3.18. The molecule has 0 radical (unpaired) electrons. The monoisotopic (exact) mass is 366 g/mol. The summed E-state index contributed by atoms with van der Waals surface area (Å²) in [5.74, 6) is 0.647. The van der Waals surface area contributed by atoms with Gasteiger partial charge in [0.15, 0.2) is 0 Å². The number of hydrogen-bond donors (Lipinski definition) is 2. The summed E-state index contributed by atoms with van der Waals surface area (Å²) in [4.78, 5) is 0. The zero-order valence-electron chi connectivity index (χ0n) is 15.0. The van der Waals surface area contributed by atoms with Crippen LogP contribution >= 0.6 is 0 Å². The molecule has 1 aliphatic heterocycles. The van der Waals surface area contributed by atoms with Crippen LogP contribution in [0.5, 0.6) is 0 Å². The molecular weight excluding hydrogens is 336 g/mol. The van der Waals surface area contributed by atoms with Gasteiger partial charge in [-0.15, -0.1) is 0 Å². The van der Waals surface area contributed by atoms with Crippen LogP contribution in [0.3, 0.4) is 0 Å². The molecule has 0 amide bonds. The van der Waals surface area contributed by atoms with Crippen LogP contribution in [0.15, 0.2) is 30.3 Å². The minimum absolute atomic E-state index is 0.0651. The van der Waals surface area contributed by atoms with Gasteiger partial charge in [-0.2, -0.15) is 0 Å². The minimum Gasteiger partial charge on any atom is -0.377 e. The zero-order valence-corrected chi connectivity index (χ0v) is 15.8. The lowest BCUT2D eigenvalue weighted by molar-refractivity contribution is 0.00524. The highest BCUT2D eigenvalue weighted by Crippen LogP contribution is 2.34. The normalized spacial score (nSPS) is 30.9. The van der Waals surface area contributed by atoms with Crippen LogP contribution in [0.25, 0.3) is 0 Å². The Morgan fingerprint density at radius 2 is 1.84 bits per heavy atom. The fourth-order valence-corrected chi connectivity index (χ4v) is 4.90. The van der Waals surface area contributed by atoms with E-state index in [1.54, 1.807) is 0 Å². The second-order valence-electron chi connectivity index (χ2n) is 7.42. The van der Waals surface area contributed by atoms with E-state index < -0.39 is 10.0 Å². The summed E-state index contributed by atoms with van der Waals surface area (Å²) < 4.78 is 32.0. The molecule has 140 valence electrons. The van der Waals surface area contributed by atoms with Crippen molar-refractivity contribution >= 4 is 10.0 Å². The van der Waals surface area contributed by atoms with Gasteiger partial charge < -0.3 is 10.1 Å². The Morgan fingerprint density at radius 1 is 1.12 bits per heavy atom. The number of ether oxygens (including phenoxy) is 1. The number of nitrogens with one attached hydrogen (secondary N) is 2. The summed E-state index contributed by atoms with van der Waals surface area (Å²) in [6.45, 7) is 1.50. The Kier molecular flexibility index (Phi) is 6.49. The van der Waals surface area contributed by atoms with Crippen molar-refractivity contribution < 1.29 is 13.2 Å². The SMILES string of the molecule is CS(=O)(=O)N[C@@H]1CCCN[C@@H]1COC1CCC(c2ccccc2)CC1. The van der Waals surface area contributed by atoms with Crippen LogP contribution in [-0.4, -0.2) is 46.0 Å². The van der Waals surface area contributed by atoms with Crippen LogP contribution in [0.1, 0.15) is 50.0 Å². The van der Waals surface area contributed by atoms with Gasteiger partial charge in [-0.1, -0.05) is 30.3 Å². The molecule has 2 aliphatic rings. The summed E-state index contributed by atoms with van der Waals surface area (Å²) in [7, 11) is -3.18. The lowest BCUT2D eigenvalue weighted by atomic mass is 9.83. The van der Waals surface area contributed by atoms with Crippen molar-refractivity contribution in [1.29, 1.82) is 0 Å². The van der Waals surface area contributed by atoms with E-state index in [-0.39, 0.29) is 12.1 Å². The van der Waals surface area contributed by atoms with Gasteiger partial charge in [0.1, 0.15) is 0 Å². The molecular formula is C19H30N2O3S. The Bertz CT molecular complexity index is 627. The molecule has 2 N–H and O–H groups in total. The molecule has 1 saturated carbocycles. The first kappa shape index (κ1) is 18.8. The zero-order chi connectivity index (χ0) is 17.7. The largest absolute Gasteiger partial charge is 0.377 e. The van der Waals surface area contributed by atoms with E-state index in [2.05, 4.69) is 40.4 Å². The lowest BCUT2D eigenvalue weighted by Crippen LogP contribution is -2.55. The van der Waals surface area contributed by atoms with Crippen molar-refractivity contribution in [3.05, 3.63) is 35.9 Å². The molecule has 0 unspecified atom stereocenters. The van der Waals surface area contributed by atoms with E-state index in [1.807, 2.05) is 0 Å². The maximum absolute atomic E-state index is 11.5. The van der Waals surface area contributed by atoms with E-state index >= 15 is 0 Å². The summed E-state index contributed by atoms with van der Waals surface area (Å²) in [5, 5.41) is 3.41. The molecule has 2 fully saturated rings. The van der Waals surface area contributed by atoms with Gasteiger partial charge in [-0.3, -0.25) is 0 Å². The molecule has 5 nitrogen and oxygen atoms in total. The van der Waals surface area contributed by atoms with Crippen LogP contribution in [0.4, 0.5) is 0 Å². The van der Waals surface area contributed by atoms with Crippen molar-refractivity contribution in [2.75, 3.05) is 19.4 Å². The van der Waals surface area contributed by atoms with Gasteiger partial charge >= 0.3 is 0 Å². The summed E-state index contributed by atoms with van der Waals surface area (Å²) in [5.41, 5.74) is 1.44. The average Bonchev–Trinajstić information content (AvgIpc) is 2.61. The first-order valence-electron chi connectivity index (χ1n) is 9.38. The molecule has 0 bridgehead atoms. The second-order valence-corrected chi connectivity index (χ2v) is 9.20. The smallest absolute Gasteiger partial charge is 0.209 e. The highest BCUT2D eigenvalue weighted by atomic mass is 32.2. The molecule has 0 aromatic heterocycles. The maximum Gasteiger partial charge on any atom is 0.209 e. The summed E-state index contributed by atoms with van der Waals surface area (Å²) >= 11 is 0. The first-order chi connectivity index (χ1) is 12.0. The van der Waals surface area contributed by atoms with Gasteiger partial charge in [0.2, 0.25) is 10.0 Å². The van der Waals surface area contributed by atoms with E-state index in [0.29, 0.717) is 18.6 Å². The number of rotatable bonds is 6. The molecule has 1 aliphatic carbocycles. The van der Waals surface area contributed by atoms with E-state index in [0.717, 1.165) is 45.1 Å².